The third kappa shape index (κ3) is 3.85. The lowest BCUT2D eigenvalue weighted by Crippen LogP contribution is -2.32. The summed E-state index contributed by atoms with van der Waals surface area (Å²) in [5.74, 6) is -0.0702. The number of phenols is 1. The molecule has 1 aromatic carbocycles. The molecule has 2 aromatic rings. The van der Waals surface area contributed by atoms with Crippen LogP contribution < -0.4 is 10.9 Å². The number of hydrogen-bond acceptors (Lipinski definition) is 4. The summed E-state index contributed by atoms with van der Waals surface area (Å²) in [5, 5.41) is 12.1. The molecule has 2 N–H and O–H groups in total. The van der Waals surface area contributed by atoms with E-state index < -0.39 is 11.5 Å². The van der Waals surface area contributed by atoms with E-state index in [2.05, 4.69) is 5.32 Å². The van der Waals surface area contributed by atoms with Crippen molar-refractivity contribution < 1.29 is 14.7 Å². The van der Waals surface area contributed by atoms with Gasteiger partial charge in [0.15, 0.2) is 5.78 Å². The maximum atomic E-state index is 12.7. The molecule has 136 valence electrons. The number of nitrogens with zero attached hydrogens (tertiary/aromatic N) is 1. The number of pyridine rings is 1. The minimum Gasteiger partial charge on any atom is -0.508 e. The molecule has 26 heavy (non-hydrogen) atoms. The van der Waals surface area contributed by atoms with Gasteiger partial charge in [-0.2, -0.15) is 0 Å². The zero-order valence-electron chi connectivity index (χ0n) is 14.7. The van der Waals surface area contributed by atoms with Crippen molar-refractivity contribution in [3.05, 3.63) is 63.6 Å². The van der Waals surface area contributed by atoms with Crippen LogP contribution in [0.5, 0.6) is 5.75 Å². The molecule has 0 unspecified atom stereocenters. The lowest BCUT2D eigenvalue weighted by atomic mass is 9.81. The predicted molar refractivity (Wildman–Crippen MR) is 97.6 cm³/mol. The van der Waals surface area contributed by atoms with E-state index in [9.17, 15) is 19.5 Å². The number of nitrogens with one attached hydrogen (secondary N) is 1. The Hall–Kier alpha value is -2.89. The number of Topliss-reactive ketones (excluding diaryl/α,β-unsaturated/α-hetero) is 1. The van der Waals surface area contributed by atoms with E-state index in [0.29, 0.717) is 23.5 Å². The van der Waals surface area contributed by atoms with Crippen LogP contribution in [0, 0.1) is 5.92 Å². The SMILES string of the molecule is CNC(=O)c1cc(C(=O)CC2CCC2)cn(Cc2cccc(O)c2)c1=O. The summed E-state index contributed by atoms with van der Waals surface area (Å²) in [6.07, 6.45) is 5.21. The Morgan fingerprint density at radius 3 is 2.65 bits per heavy atom. The highest BCUT2D eigenvalue weighted by atomic mass is 16.3. The van der Waals surface area contributed by atoms with Crippen LogP contribution >= 0.6 is 0 Å². The predicted octanol–water partition coefficient (Wildman–Crippen LogP) is 2.33. The van der Waals surface area contributed by atoms with Gasteiger partial charge in [0.25, 0.3) is 11.5 Å². The number of benzene rings is 1. The van der Waals surface area contributed by atoms with Gasteiger partial charge in [-0.3, -0.25) is 14.4 Å². The zero-order chi connectivity index (χ0) is 18.7. The van der Waals surface area contributed by atoms with Crippen LogP contribution in [0.25, 0.3) is 0 Å². The van der Waals surface area contributed by atoms with Crippen LogP contribution in [0.1, 0.15) is 52.0 Å². The molecule has 1 aromatic heterocycles. The first kappa shape index (κ1) is 17.9. The molecule has 1 amide bonds. The number of aromatic nitrogens is 1. The molecule has 1 aliphatic carbocycles. The monoisotopic (exact) mass is 354 g/mol. The first-order valence-corrected chi connectivity index (χ1v) is 8.75. The van der Waals surface area contributed by atoms with Crippen molar-refractivity contribution in [1.29, 1.82) is 0 Å². The van der Waals surface area contributed by atoms with E-state index in [1.54, 1.807) is 24.3 Å². The molecule has 1 fully saturated rings. The number of carbonyl (C=O) groups is 2. The molecular weight excluding hydrogens is 332 g/mol. The number of phenolic OH excluding ortho intramolecular Hbond substituents is 1. The third-order valence-electron chi connectivity index (χ3n) is 4.84. The standard InChI is InChI=1S/C20H22N2O4/c1-21-19(25)17-10-15(18(24)9-13-4-2-5-13)12-22(20(17)26)11-14-6-3-7-16(23)8-14/h3,6-8,10,12-13,23H,2,4-5,9,11H2,1H3,(H,21,25). The minimum atomic E-state index is -0.516. The summed E-state index contributed by atoms with van der Waals surface area (Å²) in [5.41, 5.74) is 0.564. The Morgan fingerprint density at radius 2 is 2.04 bits per heavy atom. The molecule has 0 bridgehead atoms. The van der Waals surface area contributed by atoms with Gasteiger partial charge in [-0.05, 0) is 29.7 Å². The van der Waals surface area contributed by atoms with E-state index in [1.165, 1.54) is 23.9 Å². The zero-order valence-corrected chi connectivity index (χ0v) is 14.7. The second kappa shape index (κ2) is 7.56. The van der Waals surface area contributed by atoms with Gasteiger partial charge in [-0.1, -0.05) is 31.4 Å². The number of hydrogen-bond donors (Lipinski definition) is 2. The number of ketones is 1. The first-order valence-electron chi connectivity index (χ1n) is 8.75. The Bertz CT molecular complexity index is 897. The molecule has 0 atom stereocenters. The van der Waals surface area contributed by atoms with Crippen molar-refractivity contribution in [3.63, 3.8) is 0 Å². The quantitative estimate of drug-likeness (QED) is 0.779. The normalized spacial score (nSPS) is 13.9. The second-order valence-electron chi connectivity index (χ2n) is 6.75. The van der Waals surface area contributed by atoms with Crippen molar-refractivity contribution in [2.24, 2.45) is 5.92 Å². The average Bonchev–Trinajstić information content (AvgIpc) is 2.59. The van der Waals surface area contributed by atoms with E-state index in [0.717, 1.165) is 19.3 Å². The van der Waals surface area contributed by atoms with Crippen LogP contribution in [-0.4, -0.2) is 28.4 Å². The van der Waals surface area contributed by atoms with Gasteiger partial charge in [-0.15, -0.1) is 0 Å². The van der Waals surface area contributed by atoms with Crippen LogP contribution in [0.4, 0.5) is 0 Å². The Morgan fingerprint density at radius 1 is 1.27 bits per heavy atom. The summed E-state index contributed by atoms with van der Waals surface area (Å²) in [7, 11) is 1.45. The minimum absolute atomic E-state index is 0.0490. The summed E-state index contributed by atoms with van der Waals surface area (Å²) in [4.78, 5) is 37.3. The molecule has 1 aliphatic rings. The second-order valence-corrected chi connectivity index (χ2v) is 6.75. The molecular formula is C20H22N2O4. The van der Waals surface area contributed by atoms with Gasteiger partial charge >= 0.3 is 0 Å². The summed E-state index contributed by atoms with van der Waals surface area (Å²) < 4.78 is 1.35. The highest BCUT2D eigenvalue weighted by Gasteiger charge is 2.23. The topological polar surface area (TPSA) is 88.4 Å². The lowest BCUT2D eigenvalue weighted by molar-refractivity contribution is 0.0935. The Labute approximate surface area is 151 Å². The fourth-order valence-electron chi connectivity index (χ4n) is 3.13. The largest absolute Gasteiger partial charge is 0.508 e. The van der Waals surface area contributed by atoms with Gasteiger partial charge in [0.2, 0.25) is 0 Å². The molecule has 1 heterocycles. The third-order valence-corrected chi connectivity index (χ3v) is 4.84. The lowest BCUT2D eigenvalue weighted by Gasteiger charge is -2.24. The number of carbonyl (C=O) groups excluding carboxylic acids is 2. The van der Waals surface area contributed by atoms with Crippen molar-refractivity contribution in [3.8, 4) is 5.75 Å². The molecule has 3 rings (SSSR count). The molecule has 0 aliphatic heterocycles. The van der Waals surface area contributed by atoms with E-state index in [1.807, 2.05) is 0 Å². The molecule has 0 saturated heterocycles. The van der Waals surface area contributed by atoms with E-state index in [4.69, 9.17) is 0 Å². The summed E-state index contributed by atoms with van der Waals surface area (Å²) in [6.45, 7) is 0.168. The smallest absolute Gasteiger partial charge is 0.263 e. The fourth-order valence-corrected chi connectivity index (χ4v) is 3.13. The average molecular weight is 354 g/mol. The summed E-state index contributed by atoms with van der Waals surface area (Å²) >= 11 is 0. The highest BCUT2D eigenvalue weighted by Crippen LogP contribution is 2.30. The number of rotatable bonds is 6. The van der Waals surface area contributed by atoms with Crippen molar-refractivity contribution >= 4 is 11.7 Å². The van der Waals surface area contributed by atoms with Crippen LogP contribution in [0.3, 0.4) is 0 Å². The van der Waals surface area contributed by atoms with Gasteiger partial charge < -0.3 is 15.0 Å². The molecule has 0 spiro atoms. The molecule has 6 nitrogen and oxygen atoms in total. The van der Waals surface area contributed by atoms with Gasteiger partial charge in [0.05, 0.1) is 6.54 Å². The van der Waals surface area contributed by atoms with Gasteiger partial charge in [-0.25, -0.2) is 0 Å². The van der Waals surface area contributed by atoms with Crippen LogP contribution in [0.15, 0.2) is 41.3 Å². The number of amides is 1. The molecule has 1 saturated carbocycles. The van der Waals surface area contributed by atoms with Gasteiger partial charge in [0.1, 0.15) is 11.3 Å². The Balaban J connectivity index is 1.98. The maximum absolute atomic E-state index is 12.7. The Kier molecular flexibility index (Phi) is 5.21. The van der Waals surface area contributed by atoms with Crippen LogP contribution in [0.2, 0.25) is 0 Å². The highest BCUT2D eigenvalue weighted by molar-refractivity contribution is 6.00. The van der Waals surface area contributed by atoms with E-state index >= 15 is 0 Å². The van der Waals surface area contributed by atoms with Gasteiger partial charge in [0, 0.05) is 25.2 Å². The van der Waals surface area contributed by atoms with E-state index in [-0.39, 0.29) is 23.6 Å². The fraction of sp³-hybridized carbons (Fsp3) is 0.350. The van der Waals surface area contributed by atoms with Crippen molar-refractivity contribution in [2.75, 3.05) is 7.05 Å². The van der Waals surface area contributed by atoms with Crippen molar-refractivity contribution in [1.82, 2.24) is 9.88 Å². The molecule has 0 radical (unpaired) electrons. The summed E-state index contributed by atoms with van der Waals surface area (Å²) in [6, 6.07) is 7.94. The van der Waals surface area contributed by atoms with Crippen LogP contribution in [-0.2, 0) is 6.54 Å². The van der Waals surface area contributed by atoms with Crippen molar-refractivity contribution in [2.45, 2.75) is 32.2 Å². The first-order chi connectivity index (χ1) is 12.5. The maximum Gasteiger partial charge on any atom is 0.263 e. The molecule has 6 heteroatoms. The number of aromatic hydroxyl groups is 1.